The lowest BCUT2D eigenvalue weighted by Crippen LogP contribution is -2.08. The molecule has 0 unspecified atom stereocenters. The molecule has 3 aromatic carbocycles. The monoisotopic (exact) mass is 561 g/mol. The largest absolute Gasteiger partial charge is 0.493 e. The van der Waals surface area contributed by atoms with Gasteiger partial charge in [0.25, 0.3) is 0 Å². The molecule has 0 aromatic heterocycles. The van der Waals surface area contributed by atoms with Crippen LogP contribution in [0.3, 0.4) is 0 Å². The van der Waals surface area contributed by atoms with Crippen molar-refractivity contribution in [2.75, 3.05) is 12.4 Å². The average Bonchev–Trinajstić information content (AvgIpc) is 2.79. The first-order chi connectivity index (χ1) is 15.4. The van der Waals surface area contributed by atoms with Gasteiger partial charge in [0.15, 0.2) is 11.5 Å². The Hall–Kier alpha value is -2.64. The molecule has 0 radical (unpaired) electrons. The molecule has 7 heteroatoms. The number of amides is 1. The van der Waals surface area contributed by atoms with E-state index in [1.807, 2.05) is 18.2 Å². The van der Waals surface area contributed by atoms with Crippen molar-refractivity contribution in [2.45, 2.75) is 20.0 Å². The molecule has 4 nitrogen and oxygen atoms in total. The molecule has 32 heavy (non-hydrogen) atoms. The standard InChI is InChI=1S/C25H22Br2FNO3/c1-3-16-8-10-22(19(26)12-16)29-24(30)11-9-17-13-20(27)25(23(14-17)31-2)32-15-18-6-4-5-7-21(18)28/h4-14H,3,15H2,1-2H3,(H,29,30)/b11-9+. The average molecular weight is 563 g/mol. The number of nitrogens with one attached hydrogen (secondary N) is 1. The summed E-state index contributed by atoms with van der Waals surface area (Å²) >= 11 is 6.96. The topological polar surface area (TPSA) is 47.6 Å². The van der Waals surface area contributed by atoms with E-state index in [4.69, 9.17) is 9.47 Å². The molecule has 0 aliphatic rings. The van der Waals surface area contributed by atoms with Crippen molar-refractivity contribution in [3.63, 3.8) is 0 Å². The zero-order valence-electron chi connectivity index (χ0n) is 17.6. The van der Waals surface area contributed by atoms with Gasteiger partial charge in [-0.3, -0.25) is 4.79 Å². The van der Waals surface area contributed by atoms with Gasteiger partial charge in [-0.2, -0.15) is 0 Å². The molecule has 166 valence electrons. The maximum Gasteiger partial charge on any atom is 0.248 e. The lowest BCUT2D eigenvalue weighted by molar-refractivity contribution is -0.111. The Morgan fingerprint density at radius 2 is 1.88 bits per heavy atom. The quantitative estimate of drug-likeness (QED) is 0.296. The number of hydrogen-bond donors (Lipinski definition) is 1. The summed E-state index contributed by atoms with van der Waals surface area (Å²) in [7, 11) is 1.52. The molecule has 3 rings (SSSR count). The number of benzene rings is 3. The first kappa shape index (κ1) is 24.0. The first-order valence-corrected chi connectivity index (χ1v) is 11.5. The number of ether oxygens (including phenoxy) is 2. The molecule has 1 N–H and O–H groups in total. The fraction of sp³-hybridized carbons (Fsp3) is 0.160. The van der Waals surface area contributed by atoms with Crippen molar-refractivity contribution in [3.8, 4) is 11.5 Å². The molecular weight excluding hydrogens is 541 g/mol. The summed E-state index contributed by atoms with van der Waals surface area (Å²) in [5.41, 5.74) is 3.06. The Bertz CT molecular complexity index is 1150. The van der Waals surface area contributed by atoms with E-state index >= 15 is 0 Å². The fourth-order valence-corrected chi connectivity index (χ4v) is 4.07. The smallest absolute Gasteiger partial charge is 0.248 e. The number of methoxy groups -OCH3 is 1. The van der Waals surface area contributed by atoms with Crippen LogP contribution in [0.15, 0.2) is 69.6 Å². The summed E-state index contributed by atoms with van der Waals surface area (Å²) in [6.07, 6.45) is 4.04. The highest BCUT2D eigenvalue weighted by Crippen LogP contribution is 2.37. The Morgan fingerprint density at radius 3 is 2.56 bits per heavy atom. The zero-order valence-corrected chi connectivity index (χ0v) is 20.8. The van der Waals surface area contributed by atoms with Gasteiger partial charge in [-0.25, -0.2) is 4.39 Å². The Morgan fingerprint density at radius 1 is 1.09 bits per heavy atom. The second-order valence-corrected chi connectivity index (χ2v) is 8.61. The normalized spacial score (nSPS) is 10.9. The van der Waals surface area contributed by atoms with Crippen LogP contribution in [-0.2, 0) is 17.8 Å². The van der Waals surface area contributed by atoms with Crippen LogP contribution in [0.2, 0.25) is 0 Å². The van der Waals surface area contributed by atoms with E-state index < -0.39 is 0 Å². The van der Waals surface area contributed by atoms with Crippen LogP contribution >= 0.6 is 31.9 Å². The van der Waals surface area contributed by atoms with Gasteiger partial charge in [0, 0.05) is 16.1 Å². The van der Waals surface area contributed by atoms with Crippen molar-refractivity contribution < 1.29 is 18.7 Å². The number of rotatable bonds is 8. The van der Waals surface area contributed by atoms with Crippen LogP contribution in [0.25, 0.3) is 6.08 Å². The predicted molar refractivity (Wildman–Crippen MR) is 133 cm³/mol. The van der Waals surface area contributed by atoms with E-state index in [0.29, 0.717) is 27.2 Å². The summed E-state index contributed by atoms with van der Waals surface area (Å²) in [5.74, 6) is 0.333. The van der Waals surface area contributed by atoms with Gasteiger partial charge >= 0.3 is 0 Å². The number of carbonyl (C=O) groups is 1. The number of anilines is 1. The minimum Gasteiger partial charge on any atom is -0.493 e. The molecule has 0 aliphatic carbocycles. The van der Waals surface area contributed by atoms with E-state index in [2.05, 4.69) is 44.1 Å². The summed E-state index contributed by atoms with van der Waals surface area (Å²) in [4.78, 5) is 12.4. The Kier molecular flexibility index (Phi) is 8.47. The van der Waals surface area contributed by atoms with Crippen LogP contribution in [0, 0.1) is 5.82 Å². The highest BCUT2D eigenvalue weighted by atomic mass is 79.9. The van der Waals surface area contributed by atoms with E-state index in [1.54, 1.807) is 36.4 Å². The molecule has 0 fully saturated rings. The molecule has 0 aliphatic heterocycles. The number of carbonyl (C=O) groups excluding carboxylic acids is 1. The first-order valence-electron chi connectivity index (χ1n) is 9.92. The molecule has 0 saturated carbocycles. The van der Waals surface area contributed by atoms with Crippen molar-refractivity contribution >= 4 is 49.5 Å². The molecule has 0 saturated heterocycles. The van der Waals surface area contributed by atoms with Gasteiger partial charge in [-0.05, 0) is 85.8 Å². The molecule has 1 amide bonds. The lowest BCUT2D eigenvalue weighted by Gasteiger charge is -2.14. The van der Waals surface area contributed by atoms with Crippen LogP contribution in [0.1, 0.15) is 23.6 Å². The van der Waals surface area contributed by atoms with Gasteiger partial charge in [-0.15, -0.1) is 0 Å². The third-order valence-corrected chi connectivity index (χ3v) is 5.95. The second-order valence-electron chi connectivity index (χ2n) is 6.90. The Labute approximate surface area is 203 Å². The third kappa shape index (κ3) is 6.20. The van der Waals surface area contributed by atoms with E-state index in [9.17, 15) is 9.18 Å². The zero-order chi connectivity index (χ0) is 23.1. The predicted octanol–water partition coefficient (Wildman–Crippen LogP) is 7.15. The molecule has 3 aromatic rings. The molecule has 0 atom stereocenters. The SMILES string of the molecule is CCc1ccc(NC(=O)/C=C/c2cc(Br)c(OCc3ccccc3F)c(OC)c2)c(Br)c1. The molecule has 0 bridgehead atoms. The summed E-state index contributed by atoms with van der Waals surface area (Å²) < 4.78 is 26.6. The second kappa shape index (κ2) is 11.3. The maximum absolute atomic E-state index is 13.9. The highest BCUT2D eigenvalue weighted by Gasteiger charge is 2.13. The third-order valence-electron chi connectivity index (χ3n) is 4.71. The van der Waals surface area contributed by atoms with Gasteiger partial charge in [-0.1, -0.05) is 31.2 Å². The molecule has 0 spiro atoms. The van der Waals surface area contributed by atoms with Crippen molar-refractivity contribution in [2.24, 2.45) is 0 Å². The summed E-state index contributed by atoms with van der Waals surface area (Å²) in [5, 5.41) is 2.85. The van der Waals surface area contributed by atoms with Crippen LogP contribution in [-0.4, -0.2) is 13.0 Å². The van der Waals surface area contributed by atoms with Gasteiger partial charge < -0.3 is 14.8 Å². The summed E-state index contributed by atoms with van der Waals surface area (Å²) in [6, 6.07) is 15.8. The van der Waals surface area contributed by atoms with E-state index in [0.717, 1.165) is 16.5 Å². The van der Waals surface area contributed by atoms with Crippen molar-refractivity contribution in [1.82, 2.24) is 0 Å². The minimum absolute atomic E-state index is 0.0604. The van der Waals surface area contributed by atoms with Gasteiger partial charge in [0.2, 0.25) is 5.91 Å². The van der Waals surface area contributed by atoms with Crippen LogP contribution in [0.4, 0.5) is 10.1 Å². The molecular formula is C25H22Br2FNO3. The Balaban J connectivity index is 1.71. The number of aryl methyl sites for hydroxylation is 1. The highest BCUT2D eigenvalue weighted by molar-refractivity contribution is 9.11. The van der Waals surface area contributed by atoms with Crippen molar-refractivity contribution in [3.05, 3.63) is 92.1 Å². The van der Waals surface area contributed by atoms with Crippen LogP contribution in [0.5, 0.6) is 11.5 Å². The number of hydrogen-bond acceptors (Lipinski definition) is 3. The minimum atomic E-state index is -0.330. The number of halogens is 3. The lowest BCUT2D eigenvalue weighted by atomic mass is 10.1. The van der Waals surface area contributed by atoms with Crippen molar-refractivity contribution in [1.29, 1.82) is 0 Å². The molecule has 0 heterocycles. The summed E-state index contributed by atoms with van der Waals surface area (Å²) in [6.45, 7) is 2.14. The van der Waals surface area contributed by atoms with Gasteiger partial charge in [0.1, 0.15) is 12.4 Å². The van der Waals surface area contributed by atoms with Gasteiger partial charge in [0.05, 0.1) is 17.3 Å². The maximum atomic E-state index is 13.9. The fourth-order valence-electron chi connectivity index (χ4n) is 2.97. The van der Waals surface area contributed by atoms with Crippen LogP contribution < -0.4 is 14.8 Å². The van der Waals surface area contributed by atoms with E-state index in [1.165, 1.54) is 24.8 Å². The van der Waals surface area contributed by atoms with E-state index in [-0.39, 0.29) is 18.3 Å².